The van der Waals surface area contributed by atoms with Crippen molar-refractivity contribution in [2.75, 3.05) is 13.7 Å². The zero-order valence-electron chi connectivity index (χ0n) is 13.8. The molecule has 0 bridgehead atoms. The Bertz CT molecular complexity index is 918. The lowest BCUT2D eigenvalue weighted by molar-refractivity contribution is 0.0963. The molecule has 6 heteroatoms. The maximum atomic E-state index is 11.8. The third-order valence-electron chi connectivity index (χ3n) is 3.88. The van der Waals surface area contributed by atoms with Crippen LogP contribution in [0.1, 0.15) is 17.3 Å². The van der Waals surface area contributed by atoms with E-state index in [4.69, 9.17) is 16.3 Å². The second kappa shape index (κ2) is 6.53. The lowest BCUT2D eigenvalue weighted by atomic mass is 10.0. The summed E-state index contributed by atoms with van der Waals surface area (Å²) < 4.78 is 7.37. The van der Waals surface area contributed by atoms with Crippen LogP contribution >= 0.6 is 11.6 Å². The van der Waals surface area contributed by atoms with Crippen LogP contribution in [0.5, 0.6) is 5.88 Å². The van der Waals surface area contributed by atoms with Crippen molar-refractivity contribution in [3.8, 4) is 17.0 Å². The van der Waals surface area contributed by atoms with Crippen LogP contribution in [0.3, 0.4) is 0 Å². The molecule has 0 aliphatic heterocycles. The summed E-state index contributed by atoms with van der Waals surface area (Å²) in [6, 6.07) is 7.48. The van der Waals surface area contributed by atoms with Crippen molar-refractivity contribution in [1.82, 2.24) is 14.9 Å². The van der Waals surface area contributed by atoms with Gasteiger partial charge in [0, 0.05) is 54.1 Å². The number of nitrogens with one attached hydrogen (secondary N) is 1. The van der Waals surface area contributed by atoms with E-state index < -0.39 is 0 Å². The number of rotatable bonds is 4. The van der Waals surface area contributed by atoms with Crippen molar-refractivity contribution in [2.45, 2.75) is 6.92 Å². The van der Waals surface area contributed by atoms with Crippen molar-refractivity contribution >= 4 is 28.4 Å². The van der Waals surface area contributed by atoms with Crippen molar-refractivity contribution in [3.05, 3.63) is 47.2 Å². The lowest BCUT2D eigenvalue weighted by Gasteiger charge is -2.06. The van der Waals surface area contributed by atoms with Gasteiger partial charge in [-0.05, 0) is 25.1 Å². The molecule has 24 heavy (non-hydrogen) atoms. The number of carbonyl (C=O) groups is 1. The summed E-state index contributed by atoms with van der Waals surface area (Å²) in [6.07, 6.45) is 3.75. The van der Waals surface area contributed by atoms with Gasteiger partial charge in [-0.2, -0.15) is 0 Å². The molecule has 0 fully saturated rings. The summed E-state index contributed by atoms with van der Waals surface area (Å²) in [5.41, 5.74) is 3.51. The number of fused-ring (bicyclic) bond motifs is 1. The molecule has 124 valence electrons. The number of carbonyl (C=O) groups excluding carboxylic acids is 1. The predicted octanol–water partition coefficient (Wildman–Crippen LogP) is 3.65. The van der Waals surface area contributed by atoms with E-state index in [1.165, 1.54) is 0 Å². The number of halogens is 1. The highest BCUT2D eigenvalue weighted by Crippen LogP contribution is 2.34. The van der Waals surface area contributed by atoms with Gasteiger partial charge in [0.05, 0.1) is 6.61 Å². The monoisotopic (exact) mass is 343 g/mol. The number of aryl methyl sites for hydroxylation is 1. The Hall–Kier alpha value is -2.53. The average Bonchev–Trinajstić information content (AvgIpc) is 2.92. The molecule has 0 saturated carbocycles. The number of hydrogen-bond donors (Lipinski definition) is 1. The third-order valence-corrected chi connectivity index (χ3v) is 4.15. The summed E-state index contributed by atoms with van der Waals surface area (Å²) in [5, 5.41) is 4.15. The van der Waals surface area contributed by atoms with Gasteiger partial charge in [-0.3, -0.25) is 4.79 Å². The highest BCUT2D eigenvalue weighted by atomic mass is 35.5. The van der Waals surface area contributed by atoms with Crippen LogP contribution in [-0.4, -0.2) is 29.1 Å². The van der Waals surface area contributed by atoms with Gasteiger partial charge in [-0.25, -0.2) is 4.98 Å². The molecular weight excluding hydrogens is 326 g/mol. The Morgan fingerprint density at radius 1 is 1.38 bits per heavy atom. The van der Waals surface area contributed by atoms with Gasteiger partial charge in [0.1, 0.15) is 5.02 Å². The topological polar surface area (TPSA) is 56.2 Å². The Morgan fingerprint density at radius 3 is 2.83 bits per heavy atom. The van der Waals surface area contributed by atoms with Gasteiger partial charge >= 0.3 is 0 Å². The van der Waals surface area contributed by atoms with E-state index in [-0.39, 0.29) is 5.91 Å². The van der Waals surface area contributed by atoms with Gasteiger partial charge in [0.2, 0.25) is 5.88 Å². The molecule has 0 radical (unpaired) electrons. The Kier molecular flexibility index (Phi) is 4.44. The molecule has 0 unspecified atom stereocenters. The van der Waals surface area contributed by atoms with Crippen LogP contribution < -0.4 is 10.1 Å². The summed E-state index contributed by atoms with van der Waals surface area (Å²) in [6.45, 7) is 2.41. The number of ether oxygens (including phenoxy) is 1. The van der Waals surface area contributed by atoms with Crippen LogP contribution in [0.15, 0.2) is 36.7 Å². The van der Waals surface area contributed by atoms with Crippen molar-refractivity contribution in [3.63, 3.8) is 0 Å². The minimum Gasteiger partial charge on any atom is -0.477 e. The molecule has 3 rings (SSSR count). The Morgan fingerprint density at radius 2 is 2.17 bits per heavy atom. The molecule has 1 N–H and O–H groups in total. The smallest absolute Gasteiger partial charge is 0.251 e. The molecule has 1 aromatic carbocycles. The number of hydrogen-bond acceptors (Lipinski definition) is 3. The fourth-order valence-corrected chi connectivity index (χ4v) is 2.94. The van der Waals surface area contributed by atoms with Crippen molar-refractivity contribution in [2.24, 2.45) is 7.05 Å². The van der Waals surface area contributed by atoms with Crippen LogP contribution in [0.4, 0.5) is 0 Å². The van der Waals surface area contributed by atoms with E-state index in [1.54, 1.807) is 13.2 Å². The first-order chi connectivity index (χ1) is 11.5. The minimum atomic E-state index is -0.106. The number of nitrogens with zero attached hydrogens (tertiary/aromatic N) is 2. The molecular formula is C18H18ClN3O2. The fraction of sp³-hybridized carbons (Fsp3) is 0.222. The number of pyridine rings is 1. The second-order valence-corrected chi connectivity index (χ2v) is 5.82. The Balaban J connectivity index is 2.10. The molecule has 1 amide bonds. The zero-order valence-corrected chi connectivity index (χ0v) is 14.5. The highest BCUT2D eigenvalue weighted by Gasteiger charge is 2.13. The fourth-order valence-electron chi connectivity index (χ4n) is 2.72. The number of amides is 1. The van der Waals surface area contributed by atoms with Gasteiger partial charge < -0.3 is 14.6 Å². The maximum Gasteiger partial charge on any atom is 0.251 e. The molecule has 0 atom stereocenters. The number of benzene rings is 1. The minimum absolute atomic E-state index is 0.106. The molecule has 3 aromatic rings. The van der Waals surface area contributed by atoms with Gasteiger partial charge in [-0.15, -0.1) is 0 Å². The highest BCUT2D eigenvalue weighted by molar-refractivity contribution is 6.32. The van der Waals surface area contributed by atoms with E-state index in [9.17, 15) is 4.79 Å². The van der Waals surface area contributed by atoms with Crippen LogP contribution in [-0.2, 0) is 7.05 Å². The van der Waals surface area contributed by atoms with E-state index in [0.29, 0.717) is 23.1 Å². The summed E-state index contributed by atoms with van der Waals surface area (Å²) >= 11 is 6.25. The SMILES string of the molecule is CCOc1ncc(-c2cn(C)c3cc(C(=O)NC)ccc23)cc1Cl. The van der Waals surface area contributed by atoms with E-state index in [1.807, 2.05) is 49.0 Å². The first-order valence-electron chi connectivity index (χ1n) is 7.65. The average molecular weight is 344 g/mol. The normalized spacial score (nSPS) is 10.8. The second-order valence-electron chi connectivity index (χ2n) is 5.41. The molecule has 0 aliphatic rings. The summed E-state index contributed by atoms with van der Waals surface area (Å²) in [4.78, 5) is 16.1. The molecule has 2 aromatic heterocycles. The van der Waals surface area contributed by atoms with E-state index in [0.717, 1.165) is 22.0 Å². The predicted molar refractivity (Wildman–Crippen MR) is 95.7 cm³/mol. The standard InChI is InChI=1S/C18H18ClN3O2/c1-4-24-18-15(19)7-12(9-21-18)14-10-22(3)16-8-11(17(23)20-2)5-6-13(14)16/h5-10H,4H2,1-3H3,(H,20,23). The third kappa shape index (κ3) is 2.83. The first kappa shape index (κ1) is 16.3. The van der Waals surface area contributed by atoms with Gasteiger partial charge in [-0.1, -0.05) is 17.7 Å². The lowest BCUT2D eigenvalue weighted by Crippen LogP contribution is -2.17. The quantitative estimate of drug-likeness (QED) is 0.786. The van der Waals surface area contributed by atoms with Crippen LogP contribution in [0.25, 0.3) is 22.0 Å². The zero-order chi connectivity index (χ0) is 17.3. The molecule has 0 aliphatic carbocycles. The molecule has 5 nitrogen and oxygen atoms in total. The summed E-state index contributed by atoms with van der Waals surface area (Å²) in [5.74, 6) is 0.329. The summed E-state index contributed by atoms with van der Waals surface area (Å²) in [7, 11) is 3.57. The molecule has 0 saturated heterocycles. The maximum absolute atomic E-state index is 11.8. The van der Waals surface area contributed by atoms with Crippen LogP contribution in [0, 0.1) is 0 Å². The Labute approximate surface area is 145 Å². The van der Waals surface area contributed by atoms with Gasteiger partial charge in [0.25, 0.3) is 5.91 Å². The molecule has 0 spiro atoms. The van der Waals surface area contributed by atoms with E-state index in [2.05, 4.69) is 10.3 Å². The largest absolute Gasteiger partial charge is 0.477 e. The number of aromatic nitrogens is 2. The van der Waals surface area contributed by atoms with Crippen molar-refractivity contribution in [1.29, 1.82) is 0 Å². The van der Waals surface area contributed by atoms with Crippen molar-refractivity contribution < 1.29 is 9.53 Å². The van der Waals surface area contributed by atoms with Gasteiger partial charge in [0.15, 0.2) is 0 Å². The van der Waals surface area contributed by atoms with Crippen LogP contribution in [0.2, 0.25) is 5.02 Å². The van der Waals surface area contributed by atoms with E-state index >= 15 is 0 Å². The first-order valence-corrected chi connectivity index (χ1v) is 8.02. The molecule has 2 heterocycles.